The maximum Gasteiger partial charge on any atom is 0.294 e. The van der Waals surface area contributed by atoms with Crippen LogP contribution < -0.4 is 20.5 Å². The molecule has 1 aromatic carbocycles. The number of carbonyl (C=O) groups excluding carboxylic acids is 1. The van der Waals surface area contributed by atoms with Gasteiger partial charge >= 0.3 is 0 Å². The number of amidine groups is 1. The molecule has 90 valence electrons. The summed E-state index contributed by atoms with van der Waals surface area (Å²) in [5.41, 5.74) is 5.61. The van der Waals surface area contributed by atoms with Crippen LogP contribution in [0, 0.1) is 0 Å². The summed E-state index contributed by atoms with van der Waals surface area (Å²) in [6, 6.07) is 4.92. The third kappa shape index (κ3) is 2.39. The number of hydrogen-bond donors (Lipinski definition) is 3. The molecule has 1 amide bonds. The van der Waals surface area contributed by atoms with Crippen LogP contribution in [0.15, 0.2) is 23.4 Å². The van der Waals surface area contributed by atoms with Crippen molar-refractivity contribution in [2.45, 2.75) is 0 Å². The number of nitrogens with one attached hydrogen (secondary N) is 1. The first-order valence-corrected chi connectivity index (χ1v) is 4.89. The van der Waals surface area contributed by atoms with Crippen LogP contribution in [0.3, 0.4) is 0 Å². The van der Waals surface area contributed by atoms with Gasteiger partial charge in [-0.1, -0.05) is 5.16 Å². The van der Waals surface area contributed by atoms with Crippen molar-refractivity contribution in [3.63, 3.8) is 0 Å². The van der Waals surface area contributed by atoms with Gasteiger partial charge in [0.15, 0.2) is 11.5 Å². The van der Waals surface area contributed by atoms with Gasteiger partial charge in [0.2, 0.25) is 5.84 Å². The summed E-state index contributed by atoms with van der Waals surface area (Å²) in [6.07, 6.45) is 0. The van der Waals surface area contributed by atoms with Gasteiger partial charge in [-0.2, -0.15) is 0 Å². The Morgan fingerprint density at radius 1 is 1.35 bits per heavy atom. The first-order valence-electron chi connectivity index (χ1n) is 4.89. The van der Waals surface area contributed by atoms with E-state index in [-0.39, 0.29) is 0 Å². The molecule has 2 rings (SSSR count). The Morgan fingerprint density at radius 3 is 2.76 bits per heavy atom. The number of nitrogens with zero attached hydrogens (tertiary/aromatic N) is 1. The molecule has 0 aromatic heterocycles. The summed E-state index contributed by atoms with van der Waals surface area (Å²) < 4.78 is 10.7. The third-order valence-corrected chi connectivity index (χ3v) is 2.14. The number of hydrogen-bond acceptors (Lipinski definition) is 5. The van der Waals surface area contributed by atoms with Gasteiger partial charge in [0.1, 0.15) is 13.2 Å². The number of amides is 1. The average Bonchev–Trinajstić information content (AvgIpc) is 2.37. The van der Waals surface area contributed by atoms with Crippen LogP contribution in [0.25, 0.3) is 0 Å². The van der Waals surface area contributed by atoms with Gasteiger partial charge in [-0.05, 0) is 12.1 Å². The lowest BCUT2D eigenvalue weighted by atomic mass is 10.2. The topological polar surface area (TPSA) is 106 Å². The number of anilines is 1. The Labute approximate surface area is 96.8 Å². The monoisotopic (exact) mass is 237 g/mol. The van der Waals surface area contributed by atoms with E-state index in [2.05, 4.69) is 10.5 Å². The second-order valence-corrected chi connectivity index (χ2v) is 3.30. The molecule has 0 saturated carbocycles. The maximum absolute atomic E-state index is 11.3. The number of fused-ring (bicyclic) bond motifs is 1. The fourth-order valence-electron chi connectivity index (χ4n) is 1.36. The normalized spacial score (nSPS) is 14.2. The molecular formula is C10H11N3O4. The Morgan fingerprint density at radius 2 is 2.06 bits per heavy atom. The van der Waals surface area contributed by atoms with Crippen molar-refractivity contribution < 1.29 is 19.5 Å². The zero-order valence-electron chi connectivity index (χ0n) is 8.84. The molecule has 0 fully saturated rings. The SMILES string of the molecule is N/C(=N/O)C(=O)Nc1ccc2c(c1)OCCO2. The molecule has 7 heteroatoms. The van der Waals surface area contributed by atoms with Gasteiger partial charge < -0.3 is 25.7 Å². The second-order valence-electron chi connectivity index (χ2n) is 3.30. The molecule has 0 unspecified atom stereocenters. The summed E-state index contributed by atoms with van der Waals surface area (Å²) in [5.74, 6) is -0.0318. The van der Waals surface area contributed by atoms with Crippen molar-refractivity contribution in [1.82, 2.24) is 0 Å². The molecule has 1 aromatic rings. The molecule has 7 nitrogen and oxygen atoms in total. The van der Waals surface area contributed by atoms with Crippen molar-refractivity contribution in [1.29, 1.82) is 0 Å². The van der Waals surface area contributed by atoms with Gasteiger partial charge in [0, 0.05) is 11.8 Å². The highest BCUT2D eigenvalue weighted by atomic mass is 16.6. The van der Waals surface area contributed by atoms with E-state index in [1.807, 2.05) is 0 Å². The zero-order chi connectivity index (χ0) is 12.3. The Balaban J connectivity index is 2.15. The number of oxime groups is 1. The molecule has 1 heterocycles. The van der Waals surface area contributed by atoms with Crippen molar-refractivity contribution in [2.24, 2.45) is 10.9 Å². The largest absolute Gasteiger partial charge is 0.486 e. The molecule has 1 aliphatic rings. The number of nitrogens with two attached hydrogens (primary N) is 1. The van der Waals surface area contributed by atoms with E-state index < -0.39 is 11.7 Å². The van der Waals surface area contributed by atoms with Crippen LogP contribution in [0.2, 0.25) is 0 Å². The molecule has 0 radical (unpaired) electrons. The lowest BCUT2D eigenvalue weighted by molar-refractivity contribution is -0.110. The van der Waals surface area contributed by atoms with Crippen LogP contribution in [0.5, 0.6) is 11.5 Å². The predicted octanol–water partition coefficient (Wildman–Crippen LogP) is 0.143. The van der Waals surface area contributed by atoms with Crippen LogP contribution in [-0.4, -0.2) is 30.2 Å². The number of ether oxygens (including phenoxy) is 2. The van der Waals surface area contributed by atoms with Gasteiger partial charge in [-0.15, -0.1) is 0 Å². The van der Waals surface area contributed by atoms with E-state index in [0.717, 1.165) is 0 Å². The lowest BCUT2D eigenvalue weighted by Gasteiger charge is -2.18. The quantitative estimate of drug-likeness (QED) is 0.279. The Kier molecular flexibility index (Phi) is 2.99. The van der Waals surface area contributed by atoms with Crippen molar-refractivity contribution >= 4 is 17.4 Å². The Hall–Kier alpha value is -2.44. The molecule has 0 atom stereocenters. The van der Waals surface area contributed by atoms with Crippen molar-refractivity contribution in [3.05, 3.63) is 18.2 Å². The summed E-state index contributed by atoms with van der Waals surface area (Å²) in [7, 11) is 0. The van der Waals surface area contributed by atoms with Crippen LogP contribution >= 0.6 is 0 Å². The van der Waals surface area contributed by atoms with E-state index in [1.165, 1.54) is 0 Å². The zero-order valence-corrected chi connectivity index (χ0v) is 8.84. The smallest absolute Gasteiger partial charge is 0.294 e. The fraction of sp³-hybridized carbons (Fsp3) is 0.200. The van der Waals surface area contributed by atoms with E-state index in [1.54, 1.807) is 18.2 Å². The number of benzene rings is 1. The highest BCUT2D eigenvalue weighted by Crippen LogP contribution is 2.32. The second kappa shape index (κ2) is 4.60. The van der Waals surface area contributed by atoms with Crippen LogP contribution in [0.4, 0.5) is 5.69 Å². The van der Waals surface area contributed by atoms with Crippen molar-refractivity contribution in [2.75, 3.05) is 18.5 Å². The van der Waals surface area contributed by atoms with Gasteiger partial charge in [-0.25, -0.2) is 0 Å². The average molecular weight is 237 g/mol. The fourth-order valence-corrected chi connectivity index (χ4v) is 1.36. The summed E-state index contributed by atoms with van der Waals surface area (Å²) in [6.45, 7) is 0.966. The molecule has 4 N–H and O–H groups in total. The minimum atomic E-state index is -0.691. The van der Waals surface area contributed by atoms with Crippen LogP contribution in [-0.2, 0) is 4.79 Å². The minimum Gasteiger partial charge on any atom is -0.486 e. The minimum absolute atomic E-state index is 0.463. The molecular weight excluding hydrogens is 226 g/mol. The molecule has 0 aliphatic carbocycles. The Bertz CT molecular complexity index is 473. The van der Waals surface area contributed by atoms with E-state index in [4.69, 9.17) is 20.4 Å². The molecule has 0 saturated heterocycles. The number of rotatable bonds is 1. The summed E-state index contributed by atoms with van der Waals surface area (Å²) in [5, 5.41) is 13.4. The first kappa shape index (κ1) is 11.1. The third-order valence-electron chi connectivity index (χ3n) is 2.14. The van der Waals surface area contributed by atoms with Gasteiger partial charge in [0.05, 0.1) is 0 Å². The molecule has 0 bridgehead atoms. The van der Waals surface area contributed by atoms with Crippen molar-refractivity contribution in [3.8, 4) is 11.5 Å². The highest BCUT2D eigenvalue weighted by Gasteiger charge is 2.13. The van der Waals surface area contributed by atoms with E-state index in [0.29, 0.717) is 30.4 Å². The standard InChI is InChI=1S/C10H11N3O4/c11-9(13-15)10(14)12-6-1-2-7-8(5-6)17-4-3-16-7/h1-2,5,15H,3-4H2,(H2,11,13)(H,12,14). The molecule has 17 heavy (non-hydrogen) atoms. The molecule has 0 spiro atoms. The summed E-state index contributed by atoms with van der Waals surface area (Å²) >= 11 is 0. The van der Waals surface area contributed by atoms with E-state index >= 15 is 0 Å². The van der Waals surface area contributed by atoms with Crippen LogP contribution in [0.1, 0.15) is 0 Å². The lowest BCUT2D eigenvalue weighted by Crippen LogP contribution is -2.30. The molecule has 1 aliphatic heterocycles. The maximum atomic E-state index is 11.3. The predicted molar refractivity (Wildman–Crippen MR) is 59.5 cm³/mol. The van der Waals surface area contributed by atoms with E-state index in [9.17, 15) is 4.79 Å². The van der Waals surface area contributed by atoms with Gasteiger partial charge in [-0.3, -0.25) is 4.79 Å². The summed E-state index contributed by atoms with van der Waals surface area (Å²) in [4.78, 5) is 11.3. The van der Waals surface area contributed by atoms with Gasteiger partial charge in [0.25, 0.3) is 5.91 Å². The first-order chi connectivity index (χ1) is 8.20. The number of carbonyl (C=O) groups is 1. The highest BCUT2D eigenvalue weighted by molar-refractivity contribution is 6.41.